The molecule has 0 bridgehead atoms. The van der Waals surface area contributed by atoms with Crippen LogP contribution in [0.4, 0.5) is 0 Å². The molecule has 0 aliphatic rings. The lowest BCUT2D eigenvalue weighted by atomic mass is 10.2. The van der Waals surface area contributed by atoms with Crippen LogP contribution in [0.25, 0.3) is 0 Å². The number of carbonyl (C=O) groups excluding carboxylic acids is 1. The predicted octanol–water partition coefficient (Wildman–Crippen LogP) is 1.58. The van der Waals surface area contributed by atoms with Crippen LogP contribution in [0.2, 0.25) is 0 Å². The molecule has 0 saturated heterocycles. The van der Waals surface area contributed by atoms with Crippen molar-refractivity contribution in [2.24, 2.45) is 0 Å². The minimum absolute atomic E-state index is 0.0134. The van der Waals surface area contributed by atoms with E-state index >= 15 is 0 Å². The normalized spacial score (nSPS) is 9.57. The largest absolute Gasteiger partial charge is 0.504 e. The third kappa shape index (κ3) is 2.16. The Morgan fingerprint density at radius 3 is 2.79 bits per heavy atom. The molecule has 0 amide bonds. The fourth-order valence-electron chi connectivity index (χ4n) is 1.03. The van der Waals surface area contributed by atoms with Gasteiger partial charge < -0.3 is 14.6 Å². The fourth-order valence-corrected chi connectivity index (χ4v) is 1.03. The fraction of sp³-hybridized carbons (Fsp3) is 0.300. The minimum Gasteiger partial charge on any atom is -0.504 e. The molecule has 4 nitrogen and oxygen atoms in total. The molecular weight excluding hydrogens is 184 g/mol. The number of phenols is 1. The van der Waals surface area contributed by atoms with Crippen LogP contribution in [-0.4, -0.2) is 24.8 Å². The average Bonchev–Trinajstić information content (AvgIpc) is 2.20. The first-order valence-corrected chi connectivity index (χ1v) is 4.23. The summed E-state index contributed by atoms with van der Waals surface area (Å²) in [7, 11) is 1.30. The summed E-state index contributed by atoms with van der Waals surface area (Å²) < 4.78 is 9.65. The summed E-state index contributed by atoms with van der Waals surface area (Å²) in [6, 6.07) is 4.32. The molecule has 14 heavy (non-hydrogen) atoms. The van der Waals surface area contributed by atoms with Crippen molar-refractivity contribution in [2.75, 3.05) is 13.7 Å². The zero-order chi connectivity index (χ0) is 10.6. The Kier molecular flexibility index (Phi) is 3.34. The maximum absolute atomic E-state index is 11.1. The molecular formula is C10H12O4. The highest BCUT2D eigenvalue weighted by molar-refractivity contribution is 5.90. The highest BCUT2D eigenvalue weighted by Crippen LogP contribution is 2.26. The Balaban J connectivity index is 2.99. The number of ether oxygens (including phenoxy) is 2. The van der Waals surface area contributed by atoms with Gasteiger partial charge in [0.2, 0.25) is 0 Å². The molecule has 0 unspecified atom stereocenters. The molecule has 0 atom stereocenters. The van der Waals surface area contributed by atoms with Crippen molar-refractivity contribution in [1.29, 1.82) is 0 Å². The molecule has 0 radical (unpaired) electrons. The molecule has 1 aromatic rings. The lowest BCUT2D eigenvalue weighted by molar-refractivity contribution is 0.0600. The van der Waals surface area contributed by atoms with Crippen LogP contribution in [0.5, 0.6) is 11.5 Å². The topological polar surface area (TPSA) is 55.8 Å². The van der Waals surface area contributed by atoms with E-state index in [1.54, 1.807) is 6.92 Å². The molecule has 0 fully saturated rings. The predicted molar refractivity (Wildman–Crippen MR) is 50.6 cm³/mol. The Hall–Kier alpha value is -1.71. The van der Waals surface area contributed by atoms with Crippen molar-refractivity contribution in [3.8, 4) is 11.5 Å². The van der Waals surface area contributed by atoms with Crippen molar-refractivity contribution in [1.82, 2.24) is 0 Å². The molecule has 1 N–H and O–H groups in total. The zero-order valence-electron chi connectivity index (χ0n) is 8.11. The lowest BCUT2D eigenvalue weighted by Crippen LogP contribution is -2.02. The number of benzene rings is 1. The minimum atomic E-state index is -0.453. The van der Waals surface area contributed by atoms with Gasteiger partial charge in [-0.05, 0) is 25.1 Å². The highest BCUT2D eigenvalue weighted by Gasteiger charge is 2.09. The van der Waals surface area contributed by atoms with Crippen LogP contribution in [0.15, 0.2) is 18.2 Å². The smallest absolute Gasteiger partial charge is 0.337 e. The van der Waals surface area contributed by atoms with E-state index in [2.05, 4.69) is 4.74 Å². The van der Waals surface area contributed by atoms with Gasteiger partial charge in [0.1, 0.15) is 0 Å². The van der Waals surface area contributed by atoms with Crippen LogP contribution < -0.4 is 4.74 Å². The van der Waals surface area contributed by atoms with E-state index in [-0.39, 0.29) is 11.5 Å². The maximum Gasteiger partial charge on any atom is 0.337 e. The number of aromatic hydroxyl groups is 1. The van der Waals surface area contributed by atoms with Gasteiger partial charge in [-0.1, -0.05) is 0 Å². The number of hydrogen-bond acceptors (Lipinski definition) is 4. The summed E-state index contributed by atoms with van der Waals surface area (Å²) in [5, 5.41) is 9.34. The molecule has 0 aliphatic heterocycles. The van der Waals surface area contributed by atoms with Gasteiger partial charge in [0.15, 0.2) is 11.5 Å². The van der Waals surface area contributed by atoms with E-state index in [1.807, 2.05) is 0 Å². The van der Waals surface area contributed by atoms with E-state index < -0.39 is 5.97 Å². The second-order valence-electron chi connectivity index (χ2n) is 2.61. The first kappa shape index (κ1) is 10.4. The second-order valence-corrected chi connectivity index (χ2v) is 2.61. The van der Waals surface area contributed by atoms with Gasteiger partial charge in [-0.25, -0.2) is 4.79 Å². The number of rotatable bonds is 3. The van der Waals surface area contributed by atoms with Gasteiger partial charge in [0, 0.05) is 0 Å². The summed E-state index contributed by atoms with van der Waals surface area (Å²) in [6.45, 7) is 2.22. The molecule has 4 heteroatoms. The van der Waals surface area contributed by atoms with E-state index in [0.29, 0.717) is 12.2 Å². The van der Waals surface area contributed by atoms with Crippen molar-refractivity contribution >= 4 is 5.97 Å². The number of methoxy groups -OCH3 is 1. The molecule has 0 heterocycles. The van der Waals surface area contributed by atoms with E-state index in [9.17, 15) is 9.90 Å². The zero-order valence-corrected chi connectivity index (χ0v) is 8.11. The van der Waals surface area contributed by atoms with Crippen molar-refractivity contribution in [3.05, 3.63) is 23.8 Å². The molecule has 1 rings (SSSR count). The van der Waals surface area contributed by atoms with E-state index in [1.165, 1.54) is 25.3 Å². The van der Waals surface area contributed by atoms with Gasteiger partial charge in [-0.3, -0.25) is 0 Å². The number of phenolic OH excluding ortho intramolecular Hbond substituents is 1. The van der Waals surface area contributed by atoms with E-state index in [4.69, 9.17) is 4.74 Å². The highest BCUT2D eigenvalue weighted by atomic mass is 16.5. The first-order valence-electron chi connectivity index (χ1n) is 4.23. The third-order valence-electron chi connectivity index (χ3n) is 1.68. The van der Waals surface area contributed by atoms with Crippen LogP contribution in [-0.2, 0) is 4.74 Å². The van der Waals surface area contributed by atoms with Gasteiger partial charge in [-0.2, -0.15) is 0 Å². The molecule has 76 valence electrons. The first-order chi connectivity index (χ1) is 6.69. The van der Waals surface area contributed by atoms with Gasteiger partial charge in [-0.15, -0.1) is 0 Å². The van der Waals surface area contributed by atoms with Crippen LogP contribution >= 0.6 is 0 Å². The van der Waals surface area contributed by atoms with Gasteiger partial charge >= 0.3 is 5.97 Å². The van der Waals surface area contributed by atoms with E-state index in [0.717, 1.165) is 0 Å². The average molecular weight is 196 g/mol. The molecule has 0 spiro atoms. The maximum atomic E-state index is 11.1. The molecule has 0 saturated carbocycles. The summed E-state index contributed by atoms with van der Waals surface area (Å²) >= 11 is 0. The summed E-state index contributed by atoms with van der Waals surface area (Å²) in [5.41, 5.74) is 0.355. The SMILES string of the molecule is CCOc1cc(C(=O)OC)ccc1O. The monoisotopic (exact) mass is 196 g/mol. The van der Waals surface area contributed by atoms with Gasteiger partial charge in [0.05, 0.1) is 19.3 Å². The van der Waals surface area contributed by atoms with Crippen LogP contribution in [0.3, 0.4) is 0 Å². The molecule has 1 aromatic carbocycles. The van der Waals surface area contributed by atoms with Gasteiger partial charge in [0.25, 0.3) is 0 Å². The second kappa shape index (κ2) is 4.50. The number of carbonyl (C=O) groups is 1. The number of hydrogen-bond donors (Lipinski definition) is 1. The van der Waals surface area contributed by atoms with Crippen molar-refractivity contribution in [3.63, 3.8) is 0 Å². The Morgan fingerprint density at radius 2 is 2.21 bits per heavy atom. The van der Waals surface area contributed by atoms with Crippen molar-refractivity contribution < 1.29 is 19.4 Å². The summed E-state index contributed by atoms with van der Waals surface area (Å²) in [4.78, 5) is 11.1. The Bertz CT molecular complexity index is 333. The molecule has 0 aromatic heterocycles. The van der Waals surface area contributed by atoms with Crippen molar-refractivity contribution in [2.45, 2.75) is 6.92 Å². The lowest BCUT2D eigenvalue weighted by Gasteiger charge is -2.06. The number of esters is 1. The standard InChI is InChI=1S/C10H12O4/c1-3-14-9-6-7(10(12)13-2)4-5-8(9)11/h4-6,11H,3H2,1-2H3. The van der Waals surface area contributed by atoms with Crippen LogP contribution in [0.1, 0.15) is 17.3 Å². The Morgan fingerprint density at radius 1 is 1.50 bits per heavy atom. The third-order valence-corrected chi connectivity index (χ3v) is 1.68. The summed E-state index contributed by atoms with van der Waals surface area (Å²) in [6.07, 6.45) is 0. The quantitative estimate of drug-likeness (QED) is 0.745. The molecule has 0 aliphatic carbocycles. The summed E-state index contributed by atoms with van der Waals surface area (Å²) in [5.74, 6) is -0.152. The van der Waals surface area contributed by atoms with Crippen LogP contribution in [0, 0.1) is 0 Å². The Labute approximate surface area is 82.1 Å².